The lowest BCUT2D eigenvalue weighted by molar-refractivity contribution is 0.757. The highest BCUT2D eigenvalue weighted by atomic mass is 32.1. The first-order valence-electron chi connectivity index (χ1n) is 6.90. The predicted octanol–water partition coefficient (Wildman–Crippen LogP) is 2.72. The van der Waals surface area contributed by atoms with Gasteiger partial charge in [0.1, 0.15) is 0 Å². The van der Waals surface area contributed by atoms with Crippen LogP contribution in [-0.4, -0.2) is 21.1 Å². The van der Waals surface area contributed by atoms with Crippen LogP contribution >= 0.6 is 11.3 Å². The number of thiazole rings is 1. The molecule has 0 bridgehead atoms. The summed E-state index contributed by atoms with van der Waals surface area (Å²) in [5.74, 6) is 0. The van der Waals surface area contributed by atoms with E-state index >= 15 is 0 Å². The summed E-state index contributed by atoms with van der Waals surface area (Å²) in [6, 6.07) is 7.39. The van der Waals surface area contributed by atoms with Gasteiger partial charge in [-0.05, 0) is 18.6 Å². The molecule has 0 fully saturated rings. The van der Waals surface area contributed by atoms with Crippen molar-refractivity contribution < 1.29 is 0 Å². The van der Waals surface area contributed by atoms with Gasteiger partial charge in [-0.3, -0.25) is 9.36 Å². The van der Waals surface area contributed by atoms with E-state index in [2.05, 4.69) is 22.2 Å². The van der Waals surface area contributed by atoms with Crippen LogP contribution in [0.3, 0.4) is 0 Å². The Balaban J connectivity index is 1.86. The van der Waals surface area contributed by atoms with Crippen LogP contribution in [0, 0.1) is 0 Å². The quantitative estimate of drug-likeness (QED) is 0.787. The number of hydrogen-bond donors (Lipinski definition) is 1. The summed E-state index contributed by atoms with van der Waals surface area (Å²) in [7, 11) is 0. The minimum atomic E-state index is -0.0166. The number of para-hydroxylation sites is 1. The zero-order valence-corrected chi connectivity index (χ0v) is 12.6. The van der Waals surface area contributed by atoms with E-state index in [0.717, 1.165) is 28.5 Å². The van der Waals surface area contributed by atoms with Gasteiger partial charge in [-0.2, -0.15) is 0 Å². The number of aromatic nitrogens is 3. The Morgan fingerprint density at radius 3 is 3.00 bits per heavy atom. The smallest absolute Gasteiger partial charge is 0.261 e. The van der Waals surface area contributed by atoms with Crippen LogP contribution in [-0.2, 0) is 6.54 Å². The van der Waals surface area contributed by atoms with Gasteiger partial charge in [0.15, 0.2) is 5.13 Å². The van der Waals surface area contributed by atoms with E-state index in [9.17, 15) is 4.79 Å². The summed E-state index contributed by atoms with van der Waals surface area (Å²) in [6.07, 6.45) is 4.47. The normalized spacial score (nSPS) is 10.9. The molecule has 0 spiro atoms. The topological polar surface area (TPSA) is 59.8 Å². The third-order valence-corrected chi connectivity index (χ3v) is 4.08. The summed E-state index contributed by atoms with van der Waals surface area (Å²) in [6.45, 7) is 3.52. The molecule has 0 aliphatic carbocycles. The Bertz CT molecular complexity index is 809. The molecule has 3 rings (SSSR count). The molecule has 108 valence electrons. The second-order valence-corrected chi connectivity index (χ2v) is 5.87. The fourth-order valence-electron chi connectivity index (χ4n) is 2.08. The lowest BCUT2D eigenvalue weighted by atomic mass is 10.2. The summed E-state index contributed by atoms with van der Waals surface area (Å²) in [5, 5.41) is 4.79. The van der Waals surface area contributed by atoms with E-state index in [-0.39, 0.29) is 5.56 Å². The Morgan fingerprint density at radius 1 is 1.29 bits per heavy atom. The van der Waals surface area contributed by atoms with Crippen molar-refractivity contribution in [2.45, 2.75) is 19.9 Å². The molecular weight excluding hydrogens is 284 g/mol. The molecule has 0 aliphatic rings. The van der Waals surface area contributed by atoms with Crippen molar-refractivity contribution in [3.63, 3.8) is 0 Å². The van der Waals surface area contributed by atoms with E-state index < -0.39 is 0 Å². The molecule has 2 heterocycles. The molecule has 0 radical (unpaired) electrons. The summed E-state index contributed by atoms with van der Waals surface area (Å²) in [5.41, 5.74) is 0.713. The molecule has 2 aromatic heterocycles. The van der Waals surface area contributed by atoms with Crippen LogP contribution < -0.4 is 10.9 Å². The first-order valence-corrected chi connectivity index (χ1v) is 7.72. The minimum Gasteiger partial charge on any atom is -0.362 e. The maximum atomic E-state index is 12.4. The van der Waals surface area contributed by atoms with Gasteiger partial charge in [0, 0.05) is 17.6 Å². The average Bonchev–Trinajstić information content (AvgIpc) is 2.96. The van der Waals surface area contributed by atoms with Crippen LogP contribution in [0.1, 0.15) is 18.2 Å². The predicted molar refractivity (Wildman–Crippen MR) is 86.0 cm³/mol. The van der Waals surface area contributed by atoms with Crippen molar-refractivity contribution in [1.82, 2.24) is 14.5 Å². The Labute approximate surface area is 126 Å². The fraction of sp³-hybridized carbons (Fsp3) is 0.267. The van der Waals surface area contributed by atoms with E-state index in [0.29, 0.717) is 11.9 Å². The van der Waals surface area contributed by atoms with Crippen molar-refractivity contribution in [2.24, 2.45) is 0 Å². The SMILES string of the molecule is CCCNc1ncc(Cn2cnc3ccccc3c2=O)s1. The number of benzene rings is 1. The van der Waals surface area contributed by atoms with Crippen LogP contribution in [0.15, 0.2) is 41.6 Å². The fourth-order valence-corrected chi connectivity index (χ4v) is 2.92. The number of nitrogens with one attached hydrogen (secondary N) is 1. The van der Waals surface area contributed by atoms with Crippen molar-refractivity contribution in [3.05, 3.63) is 52.0 Å². The van der Waals surface area contributed by atoms with E-state index in [1.165, 1.54) is 0 Å². The molecule has 1 aromatic carbocycles. The monoisotopic (exact) mass is 300 g/mol. The molecule has 6 heteroatoms. The highest BCUT2D eigenvalue weighted by molar-refractivity contribution is 7.15. The van der Waals surface area contributed by atoms with Crippen molar-refractivity contribution in [2.75, 3.05) is 11.9 Å². The molecule has 0 aliphatic heterocycles. The summed E-state index contributed by atoms with van der Waals surface area (Å²) >= 11 is 1.57. The van der Waals surface area contributed by atoms with Crippen molar-refractivity contribution in [3.8, 4) is 0 Å². The van der Waals surface area contributed by atoms with Gasteiger partial charge in [0.2, 0.25) is 0 Å². The average molecular weight is 300 g/mol. The minimum absolute atomic E-state index is 0.0166. The molecule has 5 nitrogen and oxygen atoms in total. The van der Waals surface area contributed by atoms with Gasteiger partial charge < -0.3 is 5.32 Å². The third kappa shape index (κ3) is 2.95. The van der Waals surface area contributed by atoms with Gasteiger partial charge in [-0.1, -0.05) is 19.1 Å². The Morgan fingerprint density at radius 2 is 2.14 bits per heavy atom. The second-order valence-electron chi connectivity index (χ2n) is 4.75. The second kappa shape index (κ2) is 6.05. The van der Waals surface area contributed by atoms with Gasteiger partial charge >= 0.3 is 0 Å². The van der Waals surface area contributed by atoms with E-state index in [1.54, 1.807) is 22.2 Å². The van der Waals surface area contributed by atoms with Gasteiger partial charge in [0.25, 0.3) is 5.56 Å². The zero-order valence-electron chi connectivity index (χ0n) is 11.7. The number of hydrogen-bond acceptors (Lipinski definition) is 5. The lowest BCUT2D eigenvalue weighted by Crippen LogP contribution is -2.20. The summed E-state index contributed by atoms with van der Waals surface area (Å²) in [4.78, 5) is 22.1. The Kier molecular flexibility index (Phi) is 3.96. The molecule has 0 saturated carbocycles. The maximum absolute atomic E-state index is 12.4. The van der Waals surface area contributed by atoms with Crippen LogP contribution in [0.4, 0.5) is 5.13 Å². The standard InChI is InChI=1S/C15H16N4OS/c1-2-7-16-15-17-8-11(21-15)9-19-10-18-13-6-4-3-5-12(13)14(19)20/h3-6,8,10H,2,7,9H2,1H3,(H,16,17). The van der Waals surface area contributed by atoms with Gasteiger partial charge in [0.05, 0.1) is 23.8 Å². The van der Waals surface area contributed by atoms with Crippen LogP contribution in [0.25, 0.3) is 10.9 Å². The molecule has 21 heavy (non-hydrogen) atoms. The first-order chi connectivity index (χ1) is 10.3. The largest absolute Gasteiger partial charge is 0.362 e. The molecule has 0 unspecified atom stereocenters. The van der Waals surface area contributed by atoms with Crippen molar-refractivity contribution >= 4 is 27.4 Å². The lowest BCUT2D eigenvalue weighted by Gasteiger charge is -2.04. The van der Waals surface area contributed by atoms with Crippen LogP contribution in [0.5, 0.6) is 0 Å². The molecule has 0 saturated heterocycles. The van der Waals surface area contributed by atoms with E-state index in [1.807, 2.05) is 30.5 Å². The highest BCUT2D eigenvalue weighted by Gasteiger charge is 2.06. The molecular formula is C15H16N4OS. The number of nitrogens with zero attached hydrogens (tertiary/aromatic N) is 3. The van der Waals surface area contributed by atoms with Gasteiger partial charge in [-0.15, -0.1) is 11.3 Å². The van der Waals surface area contributed by atoms with Crippen molar-refractivity contribution in [1.29, 1.82) is 0 Å². The Hall–Kier alpha value is -2.21. The summed E-state index contributed by atoms with van der Waals surface area (Å²) < 4.78 is 1.62. The molecule has 0 atom stereocenters. The number of anilines is 1. The number of fused-ring (bicyclic) bond motifs is 1. The first kappa shape index (κ1) is 13.8. The van der Waals surface area contributed by atoms with E-state index in [4.69, 9.17) is 0 Å². The van der Waals surface area contributed by atoms with Crippen LogP contribution in [0.2, 0.25) is 0 Å². The third-order valence-electron chi connectivity index (χ3n) is 3.14. The maximum Gasteiger partial charge on any atom is 0.261 e. The molecule has 3 aromatic rings. The zero-order chi connectivity index (χ0) is 14.7. The molecule has 1 N–H and O–H groups in total. The molecule has 0 amide bonds. The van der Waals surface area contributed by atoms with Gasteiger partial charge in [-0.25, -0.2) is 9.97 Å². The highest BCUT2D eigenvalue weighted by Crippen LogP contribution is 2.18. The number of rotatable bonds is 5.